The van der Waals surface area contributed by atoms with E-state index in [9.17, 15) is 9.59 Å². The second kappa shape index (κ2) is 9.59. The Labute approximate surface area is 198 Å². The van der Waals surface area contributed by atoms with E-state index in [0.717, 1.165) is 33.0 Å². The highest BCUT2D eigenvalue weighted by molar-refractivity contribution is 5.92. The molecule has 34 heavy (non-hydrogen) atoms. The molecule has 0 radical (unpaired) electrons. The normalized spacial score (nSPS) is 10.5. The Morgan fingerprint density at radius 3 is 1.47 bits per heavy atom. The maximum Gasteiger partial charge on any atom is 0.338 e. The highest BCUT2D eigenvalue weighted by Crippen LogP contribution is 2.30. The Kier molecular flexibility index (Phi) is 6.42. The zero-order valence-corrected chi connectivity index (χ0v) is 19.1. The Bertz CT molecular complexity index is 1410. The fourth-order valence-corrected chi connectivity index (χ4v) is 3.43. The molecule has 0 atom stereocenters. The van der Waals surface area contributed by atoms with Crippen LogP contribution in [0.2, 0.25) is 0 Å². The van der Waals surface area contributed by atoms with Crippen molar-refractivity contribution in [2.24, 2.45) is 0 Å². The summed E-state index contributed by atoms with van der Waals surface area (Å²) in [4.78, 5) is 23.4. The molecule has 4 heteroatoms. The first-order chi connectivity index (χ1) is 16.3. The van der Waals surface area contributed by atoms with Crippen molar-refractivity contribution < 1.29 is 19.1 Å². The number of fused-ring (bicyclic) bond motifs is 1. The topological polar surface area (TPSA) is 52.6 Å². The molecule has 0 saturated carbocycles. The fourth-order valence-electron chi connectivity index (χ4n) is 3.43. The van der Waals surface area contributed by atoms with Gasteiger partial charge in [0.2, 0.25) is 0 Å². The molecule has 0 aliphatic carbocycles. The second-order valence-electron chi connectivity index (χ2n) is 8.17. The van der Waals surface area contributed by atoms with Gasteiger partial charge in [-0.1, -0.05) is 67.8 Å². The molecule has 4 aromatic carbocycles. The smallest absolute Gasteiger partial charge is 0.338 e. The third kappa shape index (κ3) is 5.13. The highest BCUT2D eigenvalue weighted by atomic mass is 16.5. The van der Waals surface area contributed by atoms with E-state index in [1.807, 2.05) is 36.4 Å². The molecular formula is C30H24O4. The molecule has 0 N–H and O–H groups in total. The van der Waals surface area contributed by atoms with E-state index in [2.05, 4.69) is 43.5 Å². The molecule has 0 aromatic heterocycles. The number of carbonyl (C=O) groups excluding carboxylic acids is 2. The predicted octanol–water partition coefficient (Wildman–Crippen LogP) is 7.14. The summed E-state index contributed by atoms with van der Waals surface area (Å²) in [7, 11) is 0. The van der Waals surface area contributed by atoms with Gasteiger partial charge in [0.1, 0.15) is 11.5 Å². The van der Waals surface area contributed by atoms with E-state index in [4.69, 9.17) is 9.47 Å². The van der Waals surface area contributed by atoms with Gasteiger partial charge in [-0.3, -0.25) is 0 Å². The lowest BCUT2D eigenvalue weighted by Gasteiger charge is -2.09. The summed E-state index contributed by atoms with van der Waals surface area (Å²) in [5.41, 5.74) is 4.99. The summed E-state index contributed by atoms with van der Waals surface area (Å²) in [6, 6.07) is 27.4. The van der Waals surface area contributed by atoms with E-state index in [0.29, 0.717) is 22.6 Å². The van der Waals surface area contributed by atoms with Gasteiger partial charge in [-0.15, -0.1) is 0 Å². The second-order valence-corrected chi connectivity index (χ2v) is 8.17. The van der Waals surface area contributed by atoms with Gasteiger partial charge in [-0.2, -0.15) is 0 Å². The number of carbonyl (C=O) groups is 2. The quantitative estimate of drug-likeness (QED) is 0.179. The molecule has 4 nitrogen and oxygen atoms in total. The lowest BCUT2D eigenvalue weighted by atomic mass is 9.98. The zero-order chi connectivity index (χ0) is 24.2. The van der Waals surface area contributed by atoms with Crippen LogP contribution in [-0.4, -0.2) is 11.9 Å². The van der Waals surface area contributed by atoms with Crippen LogP contribution in [0, 0.1) is 0 Å². The number of ether oxygens (including phenoxy) is 2. The van der Waals surface area contributed by atoms with Gasteiger partial charge < -0.3 is 9.47 Å². The van der Waals surface area contributed by atoms with E-state index in [1.54, 1.807) is 32.0 Å². The van der Waals surface area contributed by atoms with Crippen molar-refractivity contribution in [3.8, 4) is 33.8 Å². The maximum absolute atomic E-state index is 11.8. The van der Waals surface area contributed by atoms with E-state index in [-0.39, 0.29) is 0 Å². The van der Waals surface area contributed by atoms with Crippen molar-refractivity contribution in [1.29, 1.82) is 0 Å². The number of rotatable bonds is 6. The van der Waals surface area contributed by atoms with Crippen LogP contribution in [0.25, 0.3) is 33.0 Å². The maximum atomic E-state index is 11.8. The predicted molar refractivity (Wildman–Crippen MR) is 136 cm³/mol. The van der Waals surface area contributed by atoms with Crippen LogP contribution in [0.15, 0.2) is 109 Å². The molecule has 0 aliphatic heterocycles. The number of hydrogen-bond acceptors (Lipinski definition) is 4. The first kappa shape index (κ1) is 22.7. The molecule has 0 aliphatic rings. The largest absolute Gasteiger partial charge is 0.423 e. The summed E-state index contributed by atoms with van der Waals surface area (Å²) >= 11 is 0. The SMILES string of the molecule is C=C(C)C(=O)Oc1ccc(-c2ccc(-c3ccc4cc(OC(=O)C(=C)C)ccc4c3)cc2)cc1. The lowest BCUT2D eigenvalue weighted by Crippen LogP contribution is -2.07. The van der Waals surface area contributed by atoms with Crippen molar-refractivity contribution in [1.82, 2.24) is 0 Å². The molecular weight excluding hydrogens is 424 g/mol. The Morgan fingerprint density at radius 1 is 0.529 bits per heavy atom. The van der Waals surface area contributed by atoms with Gasteiger partial charge in [0.15, 0.2) is 0 Å². The molecule has 4 aromatic rings. The summed E-state index contributed by atoms with van der Waals surface area (Å²) in [6.45, 7) is 10.4. The Hall–Kier alpha value is -4.44. The first-order valence-electron chi connectivity index (χ1n) is 10.8. The minimum Gasteiger partial charge on any atom is -0.423 e. The molecule has 0 bridgehead atoms. The summed E-state index contributed by atoms with van der Waals surface area (Å²) < 4.78 is 10.6. The van der Waals surface area contributed by atoms with Gasteiger partial charge in [0, 0.05) is 11.1 Å². The van der Waals surface area contributed by atoms with Crippen molar-refractivity contribution in [3.05, 3.63) is 109 Å². The molecule has 0 saturated heterocycles. The Balaban J connectivity index is 1.51. The van der Waals surface area contributed by atoms with Crippen molar-refractivity contribution in [2.75, 3.05) is 0 Å². The summed E-state index contributed by atoms with van der Waals surface area (Å²) in [5, 5.41) is 2.04. The lowest BCUT2D eigenvalue weighted by molar-refractivity contribution is -0.130. The first-order valence-corrected chi connectivity index (χ1v) is 10.8. The average Bonchev–Trinajstić information content (AvgIpc) is 2.84. The minimum atomic E-state index is -0.434. The van der Waals surface area contributed by atoms with Crippen LogP contribution in [0.4, 0.5) is 0 Å². The Morgan fingerprint density at radius 2 is 0.912 bits per heavy atom. The number of hydrogen-bond donors (Lipinski definition) is 0. The van der Waals surface area contributed by atoms with Crippen LogP contribution in [-0.2, 0) is 9.59 Å². The van der Waals surface area contributed by atoms with Crippen molar-refractivity contribution >= 4 is 22.7 Å². The summed E-state index contributed by atoms with van der Waals surface area (Å²) in [6.07, 6.45) is 0. The van der Waals surface area contributed by atoms with E-state index >= 15 is 0 Å². The van der Waals surface area contributed by atoms with Crippen molar-refractivity contribution in [3.63, 3.8) is 0 Å². The fraction of sp³-hybridized carbons (Fsp3) is 0.0667. The molecule has 0 heterocycles. The van der Waals surface area contributed by atoms with Gasteiger partial charge >= 0.3 is 11.9 Å². The van der Waals surface area contributed by atoms with Crippen LogP contribution in [0.3, 0.4) is 0 Å². The standard InChI is InChI=1S/C30H24O4/c1-19(2)29(31)33-27-14-11-22(12-15-27)21-5-7-23(8-6-21)24-9-10-26-18-28(16-13-25(26)17-24)34-30(32)20(3)4/h5-18H,1,3H2,2,4H3. The molecule has 0 amide bonds. The number of esters is 2. The van der Waals surface area contributed by atoms with E-state index in [1.165, 1.54) is 0 Å². The summed E-state index contributed by atoms with van der Waals surface area (Å²) in [5.74, 6) is 0.121. The third-order valence-corrected chi connectivity index (χ3v) is 5.34. The highest BCUT2D eigenvalue weighted by Gasteiger charge is 2.08. The van der Waals surface area contributed by atoms with Crippen LogP contribution in [0.5, 0.6) is 11.5 Å². The monoisotopic (exact) mass is 448 g/mol. The van der Waals surface area contributed by atoms with E-state index < -0.39 is 11.9 Å². The molecule has 4 rings (SSSR count). The van der Waals surface area contributed by atoms with Gasteiger partial charge in [0.05, 0.1) is 0 Å². The minimum absolute atomic E-state index is 0.361. The van der Waals surface area contributed by atoms with Crippen molar-refractivity contribution in [2.45, 2.75) is 13.8 Å². The van der Waals surface area contributed by atoms with Gasteiger partial charge in [-0.25, -0.2) is 9.59 Å². The zero-order valence-electron chi connectivity index (χ0n) is 19.1. The molecule has 0 unspecified atom stereocenters. The van der Waals surface area contributed by atoms with Crippen LogP contribution < -0.4 is 9.47 Å². The average molecular weight is 449 g/mol. The molecule has 0 fully saturated rings. The van der Waals surface area contributed by atoms with Gasteiger partial charge in [-0.05, 0) is 77.2 Å². The molecule has 0 spiro atoms. The molecule has 168 valence electrons. The van der Waals surface area contributed by atoms with Crippen LogP contribution in [0.1, 0.15) is 13.8 Å². The number of benzene rings is 4. The van der Waals surface area contributed by atoms with Crippen LogP contribution >= 0.6 is 0 Å². The van der Waals surface area contributed by atoms with Gasteiger partial charge in [0.25, 0.3) is 0 Å². The third-order valence-electron chi connectivity index (χ3n) is 5.34.